The molecule has 1 aliphatic heterocycles. The molecule has 174 valence electrons. The normalized spacial score (nSPS) is 22.5. The molecule has 5 rings (SSSR count). The number of carbonyl (C=O) groups is 3. The summed E-state index contributed by atoms with van der Waals surface area (Å²) in [5.41, 5.74) is 1.70. The van der Waals surface area contributed by atoms with E-state index in [-0.39, 0.29) is 24.4 Å². The van der Waals surface area contributed by atoms with E-state index in [1.807, 2.05) is 48.6 Å². The van der Waals surface area contributed by atoms with Crippen LogP contribution in [-0.2, 0) is 28.1 Å². The number of amides is 4. The third-order valence-corrected chi connectivity index (χ3v) is 8.14. The van der Waals surface area contributed by atoms with Crippen molar-refractivity contribution in [1.29, 1.82) is 0 Å². The number of rotatable bonds is 7. The lowest BCUT2D eigenvalue weighted by Crippen LogP contribution is -2.47. The maximum atomic E-state index is 13.5. The molecule has 1 aromatic heterocycles. The third-order valence-electron chi connectivity index (χ3n) is 7.09. The Balaban J connectivity index is 1.36. The van der Waals surface area contributed by atoms with Crippen LogP contribution in [0.4, 0.5) is 9.93 Å². The number of thiazole rings is 1. The first-order valence-electron chi connectivity index (χ1n) is 11.4. The van der Waals surface area contributed by atoms with Crippen molar-refractivity contribution in [1.82, 2.24) is 20.1 Å². The van der Waals surface area contributed by atoms with Gasteiger partial charge in [-0.15, -0.1) is 11.3 Å². The smallest absolute Gasteiger partial charge is 0.325 e. The van der Waals surface area contributed by atoms with Gasteiger partial charge in [0.05, 0.1) is 12.2 Å². The lowest BCUT2D eigenvalue weighted by Gasteiger charge is -2.30. The fourth-order valence-corrected chi connectivity index (χ4v) is 5.75. The first-order chi connectivity index (χ1) is 15.8. The van der Waals surface area contributed by atoms with Gasteiger partial charge < -0.3 is 15.1 Å². The van der Waals surface area contributed by atoms with Crippen LogP contribution in [0.3, 0.4) is 0 Å². The van der Waals surface area contributed by atoms with Crippen LogP contribution >= 0.6 is 11.3 Å². The molecule has 1 saturated carbocycles. The van der Waals surface area contributed by atoms with E-state index in [0.717, 1.165) is 46.1 Å². The second-order valence-corrected chi connectivity index (χ2v) is 10.3. The van der Waals surface area contributed by atoms with Crippen LogP contribution in [0.5, 0.6) is 0 Å². The molecule has 1 N–H and O–H groups in total. The molecule has 1 spiro atoms. The Labute approximate surface area is 197 Å². The van der Waals surface area contributed by atoms with Gasteiger partial charge in [-0.3, -0.25) is 14.5 Å². The Kier molecular flexibility index (Phi) is 5.39. The molecule has 8 nitrogen and oxygen atoms in total. The zero-order valence-corrected chi connectivity index (χ0v) is 20.0. The van der Waals surface area contributed by atoms with Crippen LogP contribution in [0.15, 0.2) is 29.6 Å². The first kappa shape index (κ1) is 21.9. The molecule has 0 radical (unpaired) electrons. The predicted octanol–water partition coefficient (Wildman–Crippen LogP) is 2.73. The minimum atomic E-state index is -1.05. The van der Waals surface area contributed by atoms with Crippen molar-refractivity contribution in [2.24, 2.45) is 5.92 Å². The highest BCUT2D eigenvalue weighted by Gasteiger charge is 2.55. The van der Waals surface area contributed by atoms with E-state index < -0.39 is 11.6 Å². The molecule has 4 amide bonds. The lowest BCUT2D eigenvalue weighted by molar-refractivity contribution is -0.141. The number of benzene rings is 1. The Morgan fingerprint density at radius 3 is 2.76 bits per heavy atom. The van der Waals surface area contributed by atoms with Gasteiger partial charge in [0.15, 0.2) is 5.13 Å². The summed E-state index contributed by atoms with van der Waals surface area (Å²) < 4.78 is 0. The van der Waals surface area contributed by atoms with Crippen molar-refractivity contribution in [2.45, 2.75) is 50.7 Å². The van der Waals surface area contributed by atoms with Gasteiger partial charge in [0.1, 0.15) is 12.1 Å². The third kappa shape index (κ3) is 3.78. The SMILES string of the molecule is C[C@@H](C1CC1)N(Cc1csc(N(C)C)n1)C(=O)CN1C(=O)NC2(CCc3ccccc32)C1=O. The number of aryl methyl sites for hydroxylation is 1. The summed E-state index contributed by atoms with van der Waals surface area (Å²) >= 11 is 1.54. The molecule has 1 aromatic carbocycles. The van der Waals surface area contributed by atoms with Crippen molar-refractivity contribution in [3.63, 3.8) is 0 Å². The number of hydrogen-bond acceptors (Lipinski definition) is 6. The average Bonchev–Trinajstić information content (AvgIpc) is 3.36. The topological polar surface area (TPSA) is 85.8 Å². The van der Waals surface area contributed by atoms with Gasteiger partial charge in [-0.2, -0.15) is 0 Å². The number of hydrogen-bond donors (Lipinski definition) is 1. The number of nitrogens with zero attached hydrogens (tertiary/aromatic N) is 4. The number of urea groups is 1. The van der Waals surface area contributed by atoms with E-state index in [4.69, 9.17) is 0 Å². The van der Waals surface area contributed by atoms with Crippen LogP contribution in [0, 0.1) is 5.92 Å². The minimum Gasteiger partial charge on any atom is -0.354 e. The van der Waals surface area contributed by atoms with Gasteiger partial charge in [-0.05, 0) is 49.7 Å². The molecular weight excluding hydrogens is 438 g/mol. The molecule has 2 fully saturated rings. The van der Waals surface area contributed by atoms with Gasteiger partial charge in [-0.25, -0.2) is 9.78 Å². The highest BCUT2D eigenvalue weighted by molar-refractivity contribution is 7.13. The summed E-state index contributed by atoms with van der Waals surface area (Å²) in [6.07, 6.45) is 3.44. The Morgan fingerprint density at radius 1 is 1.30 bits per heavy atom. The molecule has 33 heavy (non-hydrogen) atoms. The zero-order chi connectivity index (χ0) is 23.3. The maximum Gasteiger partial charge on any atom is 0.325 e. The number of anilines is 1. The zero-order valence-electron chi connectivity index (χ0n) is 19.2. The molecule has 2 aliphatic carbocycles. The van der Waals surface area contributed by atoms with Gasteiger partial charge in [0.2, 0.25) is 5.91 Å². The van der Waals surface area contributed by atoms with Crippen molar-refractivity contribution in [3.8, 4) is 0 Å². The summed E-state index contributed by atoms with van der Waals surface area (Å²) in [5, 5.41) is 5.76. The summed E-state index contributed by atoms with van der Waals surface area (Å²) in [6.45, 7) is 2.17. The minimum absolute atomic E-state index is 0.0314. The summed E-state index contributed by atoms with van der Waals surface area (Å²) in [4.78, 5) is 49.3. The molecule has 3 aliphatic rings. The highest BCUT2D eigenvalue weighted by Crippen LogP contribution is 2.41. The van der Waals surface area contributed by atoms with Gasteiger partial charge in [0.25, 0.3) is 5.91 Å². The molecule has 1 saturated heterocycles. The molecular formula is C24H29N5O3S. The van der Waals surface area contributed by atoms with Crippen LogP contribution < -0.4 is 10.2 Å². The number of aromatic nitrogens is 1. The Bertz CT molecular complexity index is 1110. The standard InChI is InChI=1S/C24H29N5O3S/c1-15(16-8-9-16)28(12-18-14-33-23(25-18)27(2)3)20(30)13-29-21(31)24(26-22(29)32)11-10-17-6-4-5-7-19(17)24/h4-7,14-16H,8-13H2,1-3H3,(H,26,32)/t15-,24?/m0/s1. The summed E-state index contributed by atoms with van der Waals surface area (Å²) in [7, 11) is 3.87. The van der Waals surface area contributed by atoms with E-state index >= 15 is 0 Å². The molecule has 9 heteroatoms. The molecule has 2 heterocycles. The average molecular weight is 468 g/mol. The van der Waals surface area contributed by atoms with Crippen LogP contribution in [-0.4, -0.2) is 59.3 Å². The molecule has 0 bridgehead atoms. The largest absolute Gasteiger partial charge is 0.354 e. The van der Waals surface area contributed by atoms with Gasteiger partial charge in [-0.1, -0.05) is 24.3 Å². The van der Waals surface area contributed by atoms with E-state index in [9.17, 15) is 14.4 Å². The maximum absolute atomic E-state index is 13.5. The summed E-state index contributed by atoms with van der Waals surface area (Å²) in [5.74, 6) is -0.0916. The van der Waals surface area contributed by atoms with E-state index in [2.05, 4.69) is 17.2 Å². The monoisotopic (exact) mass is 467 g/mol. The number of nitrogens with one attached hydrogen (secondary N) is 1. The Hall–Kier alpha value is -2.94. The molecule has 2 atom stereocenters. The molecule has 1 unspecified atom stereocenters. The van der Waals surface area contributed by atoms with Crippen molar-refractivity contribution in [3.05, 3.63) is 46.5 Å². The highest BCUT2D eigenvalue weighted by atomic mass is 32.1. The number of fused-ring (bicyclic) bond motifs is 2. The second kappa shape index (κ2) is 8.13. The fourth-order valence-electron chi connectivity index (χ4n) is 5.00. The van der Waals surface area contributed by atoms with Gasteiger partial charge in [0, 0.05) is 25.5 Å². The molecule has 2 aromatic rings. The van der Waals surface area contributed by atoms with E-state index in [0.29, 0.717) is 18.9 Å². The van der Waals surface area contributed by atoms with Crippen LogP contribution in [0.1, 0.15) is 43.0 Å². The summed E-state index contributed by atoms with van der Waals surface area (Å²) in [6, 6.07) is 7.26. The number of carbonyl (C=O) groups excluding carboxylic acids is 3. The van der Waals surface area contributed by atoms with Gasteiger partial charge >= 0.3 is 6.03 Å². The second-order valence-electron chi connectivity index (χ2n) is 9.50. The number of imide groups is 1. The van der Waals surface area contributed by atoms with E-state index in [1.165, 1.54) is 11.3 Å². The van der Waals surface area contributed by atoms with Crippen molar-refractivity contribution >= 4 is 34.3 Å². The van der Waals surface area contributed by atoms with Crippen molar-refractivity contribution < 1.29 is 14.4 Å². The van der Waals surface area contributed by atoms with Crippen LogP contribution in [0.25, 0.3) is 0 Å². The van der Waals surface area contributed by atoms with Crippen molar-refractivity contribution in [2.75, 3.05) is 25.5 Å². The van der Waals surface area contributed by atoms with Crippen LogP contribution in [0.2, 0.25) is 0 Å². The fraction of sp³-hybridized carbons (Fsp3) is 0.500. The quantitative estimate of drug-likeness (QED) is 0.633. The predicted molar refractivity (Wildman–Crippen MR) is 126 cm³/mol. The van der Waals surface area contributed by atoms with E-state index in [1.54, 1.807) is 4.90 Å². The Morgan fingerprint density at radius 2 is 2.06 bits per heavy atom. The lowest BCUT2D eigenvalue weighted by atomic mass is 9.92. The first-order valence-corrected chi connectivity index (χ1v) is 12.3.